The Morgan fingerprint density at radius 1 is 1.07 bits per heavy atom. The van der Waals surface area contributed by atoms with Crippen LogP contribution in [0, 0.1) is 6.92 Å². The summed E-state index contributed by atoms with van der Waals surface area (Å²) in [4.78, 5) is 38.2. The van der Waals surface area contributed by atoms with Gasteiger partial charge in [-0.3, -0.25) is 19.3 Å². The zero-order chi connectivity index (χ0) is 19.4. The molecule has 3 rings (SSSR count). The van der Waals surface area contributed by atoms with Crippen molar-refractivity contribution in [2.24, 2.45) is 0 Å². The standard InChI is InChI=1S/C21H20N2O3S/c1-3-15-6-8-16(9-7-15)12-18-20(25)23(21(26)27-18)13-19(24)22-17-10-4-14(2)5-11-17/h4-12H,3,13H2,1-2H3,(H,22,24). The Labute approximate surface area is 162 Å². The second-order valence-corrected chi connectivity index (χ2v) is 7.27. The summed E-state index contributed by atoms with van der Waals surface area (Å²) in [6, 6.07) is 15.1. The Balaban J connectivity index is 1.67. The lowest BCUT2D eigenvalue weighted by Crippen LogP contribution is -2.36. The van der Waals surface area contributed by atoms with E-state index in [0.717, 1.165) is 34.2 Å². The molecule has 1 aliphatic heterocycles. The molecule has 6 heteroatoms. The Kier molecular flexibility index (Phi) is 5.76. The van der Waals surface area contributed by atoms with Gasteiger partial charge in [-0.15, -0.1) is 0 Å². The smallest absolute Gasteiger partial charge is 0.294 e. The van der Waals surface area contributed by atoms with Crippen molar-refractivity contribution in [2.75, 3.05) is 11.9 Å². The molecule has 0 spiro atoms. The minimum Gasteiger partial charge on any atom is -0.325 e. The fourth-order valence-electron chi connectivity index (χ4n) is 2.62. The highest BCUT2D eigenvalue weighted by atomic mass is 32.2. The molecular weight excluding hydrogens is 360 g/mol. The highest BCUT2D eigenvalue weighted by Gasteiger charge is 2.36. The molecule has 0 saturated carbocycles. The monoisotopic (exact) mass is 380 g/mol. The fraction of sp³-hybridized carbons (Fsp3) is 0.190. The Bertz CT molecular complexity index is 902. The van der Waals surface area contributed by atoms with Gasteiger partial charge < -0.3 is 5.32 Å². The van der Waals surface area contributed by atoms with Crippen molar-refractivity contribution in [3.8, 4) is 0 Å². The zero-order valence-electron chi connectivity index (χ0n) is 15.2. The van der Waals surface area contributed by atoms with Gasteiger partial charge in [-0.1, -0.05) is 48.9 Å². The van der Waals surface area contributed by atoms with E-state index < -0.39 is 17.1 Å². The van der Waals surface area contributed by atoms with Gasteiger partial charge in [0.25, 0.3) is 11.1 Å². The first-order valence-electron chi connectivity index (χ1n) is 8.67. The summed E-state index contributed by atoms with van der Waals surface area (Å²) in [5, 5.41) is 2.27. The molecule has 5 nitrogen and oxygen atoms in total. The second kappa shape index (κ2) is 8.22. The van der Waals surface area contributed by atoms with E-state index in [-0.39, 0.29) is 6.54 Å². The molecule has 1 heterocycles. The molecule has 0 aliphatic carbocycles. The lowest BCUT2D eigenvalue weighted by molar-refractivity contribution is -0.127. The molecule has 2 aromatic carbocycles. The number of anilines is 1. The molecule has 2 aromatic rings. The molecule has 0 atom stereocenters. The van der Waals surface area contributed by atoms with E-state index in [1.165, 1.54) is 5.56 Å². The number of rotatable bonds is 5. The number of thioether (sulfide) groups is 1. The first-order chi connectivity index (χ1) is 13.0. The van der Waals surface area contributed by atoms with Crippen LogP contribution in [0.2, 0.25) is 0 Å². The number of benzene rings is 2. The minimum atomic E-state index is -0.441. The fourth-order valence-corrected chi connectivity index (χ4v) is 3.46. The molecule has 0 bridgehead atoms. The van der Waals surface area contributed by atoms with Gasteiger partial charge in [0, 0.05) is 5.69 Å². The molecule has 1 aliphatic rings. The number of amides is 3. The van der Waals surface area contributed by atoms with Crippen molar-refractivity contribution in [1.29, 1.82) is 0 Å². The van der Waals surface area contributed by atoms with E-state index in [1.54, 1.807) is 18.2 Å². The number of nitrogens with one attached hydrogen (secondary N) is 1. The van der Waals surface area contributed by atoms with Gasteiger partial charge in [-0.2, -0.15) is 0 Å². The number of aryl methyl sites for hydroxylation is 2. The van der Waals surface area contributed by atoms with E-state index in [1.807, 2.05) is 43.3 Å². The van der Waals surface area contributed by atoms with Gasteiger partial charge in [0.1, 0.15) is 6.54 Å². The zero-order valence-corrected chi connectivity index (χ0v) is 16.0. The third-order valence-electron chi connectivity index (χ3n) is 4.20. The highest BCUT2D eigenvalue weighted by Crippen LogP contribution is 2.32. The van der Waals surface area contributed by atoms with Crippen molar-refractivity contribution in [1.82, 2.24) is 4.90 Å². The van der Waals surface area contributed by atoms with E-state index in [4.69, 9.17) is 0 Å². The summed E-state index contributed by atoms with van der Waals surface area (Å²) in [5.74, 6) is -0.849. The Hall–Kier alpha value is -2.86. The van der Waals surface area contributed by atoms with Gasteiger partial charge >= 0.3 is 0 Å². The normalized spacial score (nSPS) is 15.5. The maximum absolute atomic E-state index is 12.5. The van der Waals surface area contributed by atoms with Crippen LogP contribution in [-0.4, -0.2) is 28.5 Å². The van der Waals surface area contributed by atoms with Crippen LogP contribution in [0.5, 0.6) is 0 Å². The van der Waals surface area contributed by atoms with Crippen LogP contribution < -0.4 is 5.32 Å². The molecule has 0 unspecified atom stereocenters. The van der Waals surface area contributed by atoms with Gasteiger partial charge in [0.15, 0.2) is 0 Å². The van der Waals surface area contributed by atoms with E-state index in [9.17, 15) is 14.4 Å². The molecule has 1 N–H and O–H groups in total. The maximum atomic E-state index is 12.5. The van der Waals surface area contributed by atoms with Crippen molar-refractivity contribution in [3.63, 3.8) is 0 Å². The number of carbonyl (C=O) groups is 3. The molecule has 1 saturated heterocycles. The largest absolute Gasteiger partial charge is 0.325 e. The lowest BCUT2D eigenvalue weighted by Gasteiger charge is -2.12. The summed E-state index contributed by atoms with van der Waals surface area (Å²) in [6.45, 7) is 3.72. The number of hydrogen-bond donors (Lipinski definition) is 1. The van der Waals surface area contributed by atoms with E-state index in [0.29, 0.717) is 10.6 Å². The average molecular weight is 380 g/mol. The molecule has 138 valence electrons. The average Bonchev–Trinajstić information content (AvgIpc) is 2.91. The summed E-state index contributed by atoms with van der Waals surface area (Å²) >= 11 is 0.855. The quantitative estimate of drug-likeness (QED) is 0.788. The molecule has 0 aromatic heterocycles. The van der Waals surface area contributed by atoms with Crippen molar-refractivity contribution in [2.45, 2.75) is 20.3 Å². The van der Waals surface area contributed by atoms with E-state index in [2.05, 4.69) is 12.2 Å². The van der Waals surface area contributed by atoms with Crippen LogP contribution in [-0.2, 0) is 16.0 Å². The first-order valence-corrected chi connectivity index (χ1v) is 9.48. The predicted molar refractivity (Wildman–Crippen MR) is 108 cm³/mol. The third-order valence-corrected chi connectivity index (χ3v) is 5.10. The number of nitrogens with zero attached hydrogens (tertiary/aromatic N) is 1. The van der Waals surface area contributed by atoms with Crippen LogP contribution in [0.15, 0.2) is 53.4 Å². The van der Waals surface area contributed by atoms with E-state index >= 15 is 0 Å². The summed E-state index contributed by atoms with van der Waals surface area (Å²) in [7, 11) is 0. The maximum Gasteiger partial charge on any atom is 0.294 e. The van der Waals surface area contributed by atoms with Crippen molar-refractivity contribution in [3.05, 3.63) is 70.1 Å². The van der Waals surface area contributed by atoms with Crippen LogP contribution in [0.4, 0.5) is 10.5 Å². The molecule has 3 amide bonds. The number of hydrogen-bond acceptors (Lipinski definition) is 4. The van der Waals surface area contributed by atoms with Crippen molar-refractivity contribution < 1.29 is 14.4 Å². The van der Waals surface area contributed by atoms with Crippen molar-refractivity contribution >= 4 is 40.6 Å². The van der Waals surface area contributed by atoms with Crippen LogP contribution in [0.25, 0.3) is 6.08 Å². The first kappa shape index (κ1) is 18.9. The SMILES string of the molecule is CCc1ccc(C=C2SC(=O)N(CC(=O)Nc3ccc(C)cc3)C2=O)cc1. The number of imide groups is 1. The van der Waals surface area contributed by atoms with Gasteiger partial charge in [0.2, 0.25) is 5.91 Å². The summed E-state index contributed by atoms with van der Waals surface area (Å²) in [5.41, 5.74) is 3.76. The third kappa shape index (κ3) is 4.65. The molecule has 1 fully saturated rings. The van der Waals surface area contributed by atoms with Crippen LogP contribution in [0.3, 0.4) is 0 Å². The van der Waals surface area contributed by atoms with Gasteiger partial charge in [-0.05, 0) is 54.4 Å². The lowest BCUT2D eigenvalue weighted by atomic mass is 10.1. The molecular formula is C21H20N2O3S. The van der Waals surface area contributed by atoms with Gasteiger partial charge in [0.05, 0.1) is 4.91 Å². The second-order valence-electron chi connectivity index (χ2n) is 6.28. The highest BCUT2D eigenvalue weighted by molar-refractivity contribution is 8.18. The summed E-state index contributed by atoms with van der Waals surface area (Å²) < 4.78 is 0. The van der Waals surface area contributed by atoms with Crippen LogP contribution >= 0.6 is 11.8 Å². The number of carbonyl (C=O) groups excluding carboxylic acids is 3. The predicted octanol–water partition coefficient (Wildman–Crippen LogP) is 4.23. The minimum absolute atomic E-state index is 0.301. The molecule has 27 heavy (non-hydrogen) atoms. The topological polar surface area (TPSA) is 66.5 Å². The van der Waals surface area contributed by atoms with Crippen LogP contribution in [0.1, 0.15) is 23.6 Å². The Morgan fingerprint density at radius 3 is 2.37 bits per heavy atom. The summed E-state index contributed by atoms with van der Waals surface area (Å²) in [6.07, 6.45) is 2.62. The van der Waals surface area contributed by atoms with Gasteiger partial charge in [-0.25, -0.2) is 0 Å². The molecule has 0 radical (unpaired) electrons. The Morgan fingerprint density at radius 2 is 1.74 bits per heavy atom.